The van der Waals surface area contributed by atoms with Gasteiger partial charge in [0.15, 0.2) is 5.78 Å². The van der Waals surface area contributed by atoms with Gasteiger partial charge in [-0.2, -0.15) is 0 Å². The van der Waals surface area contributed by atoms with E-state index in [2.05, 4.69) is 205 Å². The number of fused-ring (bicyclic) bond motifs is 9. The predicted octanol–water partition coefficient (Wildman–Crippen LogP) is 15.9. The van der Waals surface area contributed by atoms with E-state index in [0.717, 1.165) is 72.0 Å². The van der Waals surface area contributed by atoms with Crippen LogP contribution in [0, 0.1) is 0 Å². The van der Waals surface area contributed by atoms with Gasteiger partial charge >= 0.3 is 0 Å². The average molecular weight is 864 g/mol. The number of hydrogen-bond acceptors (Lipinski definition) is 2. The summed E-state index contributed by atoms with van der Waals surface area (Å²) in [6.07, 6.45) is 0. The molecule has 4 bridgehead atoms. The van der Waals surface area contributed by atoms with E-state index >= 15 is 4.79 Å². The lowest BCUT2D eigenvalue weighted by Gasteiger charge is -2.42. The molecular weight excluding hydrogens is 827 g/mol. The third-order valence-electron chi connectivity index (χ3n) is 16.6. The molecule has 3 heterocycles. The number of Topliss-reactive ketones (excluding diaryl/α,β-unsaturated/α-hetero) is 1. The highest BCUT2D eigenvalue weighted by molar-refractivity contribution is 6.26. The molecule has 0 unspecified atom stereocenters. The number of aromatic nitrogens is 1. The van der Waals surface area contributed by atoms with Crippen molar-refractivity contribution in [2.75, 3.05) is 0 Å². The number of furan rings is 1. The number of benzene rings is 10. The second-order valence-corrected chi connectivity index (χ2v) is 19.7. The van der Waals surface area contributed by atoms with Crippen LogP contribution in [0.25, 0.3) is 82.3 Å². The first-order valence-electron chi connectivity index (χ1n) is 23.9. The number of para-hydroxylation sites is 1. The molecule has 3 heteroatoms. The highest BCUT2D eigenvalue weighted by atomic mass is 16.3. The number of carbonyl (C=O) groups excluding carboxylic acids is 1. The Morgan fingerprint density at radius 3 is 1.43 bits per heavy atom. The highest BCUT2D eigenvalue weighted by Crippen LogP contribution is 2.58. The standard InChI is InChI=1S/C65H37NO2/c67-64-54-33-56-48(31-50(54)60-42-21-8-10-23-44(42)62(64)45-24-11-9-22-43(45)60)53-29-35(36-26-27-46-37-16-12-13-25-57(37)68-65(46)58(36)34-14-2-1-3-15-34)28-52-47-30-49-51(32-55(47)66(56)63(52)53)61-40-19-6-4-17-38(40)59(49)39-18-5-7-20-41(39)61/h1-33,59-62H. The Balaban J connectivity index is 1.02. The molecule has 0 amide bonds. The van der Waals surface area contributed by atoms with Crippen molar-refractivity contribution in [3.05, 3.63) is 267 Å². The fraction of sp³-hybridized carbons (Fsp3) is 0.0615. The molecular formula is C65H37NO2. The van der Waals surface area contributed by atoms with Gasteiger partial charge in [-0.3, -0.25) is 4.79 Å². The SMILES string of the molecule is O=C1c2cc3c(cc2C2c4ccccc4C1c1ccccc12)c1cc(-c2ccc4c(oc5ccccc54)c2-c2ccccc2)cc2c4cc5c(cc4n3c12)C1c2ccccc2C5c2ccccc21. The van der Waals surface area contributed by atoms with Crippen molar-refractivity contribution in [3.63, 3.8) is 0 Å². The van der Waals surface area contributed by atoms with E-state index in [1.54, 1.807) is 0 Å². The zero-order chi connectivity index (χ0) is 44.1. The fourth-order valence-electron chi connectivity index (χ4n) is 14.0. The van der Waals surface area contributed by atoms with E-state index in [-0.39, 0.29) is 29.5 Å². The Hall–Kier alpha value is -8.53. The van der Waals surface area contributed by atoms with E-state index in [1.807, 2.05) is 0 Å². The summed E-state index contributed by atoms with van der Waals surface area (Å²) < 4.78 is 9.36. The van der Waals surface area contributed by atoms with Crippen LogP contribution in [0.5, 0.6) is 0 Å². The number of rotatable bonds is 2. The molecule has 10 aromatic carbocycles. The van der Waals surface area contributed by atoms with Crippen molar-refractivity contribution >= 4 is 65.8 Å². The largest absolute Gasteiger partial charge is 0.455 e. The van der Waals surface area contributed by atoms with E-state index < -0.39 is 0 Å². The molecule has 0 N–H and O–H groups in total. The topological polar surface area (TPSA) is 34.6 Å². The lowest BCUT2D eigenvalue weighted by molar-refractivity contribution is 0.0974. The molecule has 68 heavy (non-hydrogen) atoms. The van der Waals surface area contributed by atoms with Gasteiger partial charge in [0, 0.05) is 61.2 Å². The summed E-state index contributed by atoms with van der Waals surface area (Å²) in [7, 11) is 0. The highest BCUT2D eigenvalue weighted by Gasteiger charge is 2.44. The van der Waals surface area contributed by atoms with Gasteiger partial charge < -0.3 is 8.82 Å². The van der Waals surface area contributed by atoms with Gasteiger partial charge in [0.05, 0.1) is 22.5 Å². The van der Waals surface area contributed by atoms with Gasteiger partial charge in [-0.15, -0.1) is 0 Å². The molecule has 314 valence electrons. The molecule has 19 rings (SSSR count). The molecule has 0 atom stereocenters. The summed E-state index contributed by atoms with van der Waals surface area (Å²) in [5, 5.41) is 7.05. The molecule has 6 aliphatic carbocycles. The van der Waals surface area contributed by atoms with Crippen LogP contribution in [0.1, 0.15) is 95.2 Å². The zero-order valence-electron chi connectivity index (χ0n) is 36.6. The summed E-state index contributed by atoms with van der Waals surface area (Å²) in [5.41, 5.74) is 24.8. The molecule has 3 aromatic heterocycles. The van der Waals surface area contributed by atoms with Gasteiger partial charge in [0.2, 0.25) is 0 Å². The maximum Gasteiger partial charge on any atom is 0.175 e. The lowest BCUT2D eigenvalue weighted by Crippen LogP contribution is -2.27. The van der Waals surface area contributed by atoms with E-state index in [4.69, 9.17) is 4.42 Å². The van der Waals surface area contributed by atoms with E-state index in [1.165, 1.54) is 77.1 Å². The normalized spacial score (nSPS) is 18.3. The quantitative estimate of drug-likeness (QED) is 0.174. The van der Waals surface area contributed by atoms with Crippen molar-refractivity contribution < 1.29 is 9.21 Å². The fourth-order valence-corrected chi connectivity index (χ4v) is 14.0. The Kier molecular flexibility index (Phi) is 6.54. The zero-order valence-corrected chi connectivity index (χ0v) is 36.6. The summed E-state index contributed by atoms with van der Waals surface area (Å²) in [6.45, 7) is 0. The predicted molar refractivity (Wildman–Crippen MR) is 274 cm³/mol. The smallest absolute Gasteiger partial charge is 0.175 e. The molecule has 6 aliphatic rings. The number of hydrogen-bond donors (Lipinski definition) is 0. The Labute approximate surface area is 390 Å². The van der Waals surface area contributed by atoms with Crippen LogP contribution in [0.4, 0.5) is 0 Å². The molecule has 0 radical (unpaired) electrons. The summed E-state index contributed by atoms with van der Waals surface area (Å²) in [4.78, 5) is 15.4. The number of carbonyl (C=O) groups is 1. The maximum atomic E-state index is 15.4. The number of nitrogens with zero attached hydrogens (tertiary/aromatic N) is 1. The van der Waals surface area contributed by atoms with Crippen molar-refractivity contribution in [2.45, 2.75) is 23.7 Å². The molecule has 3 nitrogen and oxygen atoms in total. The van der Waals surface area contributed by atoms with Crippen molar-refractivity contribution in [2.24, 2.45) is 0 Å². The summed E-state index contributed by atoms with van der Waals surface area (Å²) >= 11 is 0. The molecule has 0 fully saturated rings. The van der Waals surface area contributed by atoms with Crippen LogP contribution >= 0.6 is 0 Å². The minimum atomic E-state index is -0.345. The second-order valence-electron chi connectivity index (χ2n) is 19.7. The van der Waals surface area contributed by atoms with Crippen LogP contribution in [0.15, 0.2) is 205 Å². The van der Waals surface area contributed by atoms with Gasteiger partial charge in [-0.05, 0) is 126 Å². The second kappa shape index (κ2) is 12.5. The number of ketones is 1. The van der Waals surface area contributed by atoms with Crippen molar-refractivity contribution in [1.82, 2.24) is 4.40 Å². The minimum Gasteiger partial charge on any atom is -0.455 e. The van der Waals surface area contributed by atoms with Gasteiger partial charge in [-0.25, -0.2) is 0 Å². The summed E-state index contributed by atoms with van der Waals surface area (Å²) in [6, 6.07) is 73.8. The first kappa shape index (κ1) is 35.7. The average Bonchev–Trinajstić information content (AvgIpc) is 4.00. The Bertz CT molecular complexity index is 4340. The Morgan fingerprint density at radius 1 is 0.338 bits per heavy atom. The molecule has 0 saturated heterocycles. The van der Waals surface area contributed by atoms with Crippen LogP contribution in [-0.4, -0.2) is 10.2 Å². The van der Waals surface area contributed by atoms with Gasteiger partial charge in [-0.1, -0.05) is 152 Å². The van der Waals surface area contributed by atoms with Crippen LogP contribution in [-0.2, 0) is 0 Å². The van der Waals surface area contributed by atoms with Crippen molar-refractivity contribution in [3.8, 4) is 22.3 Å². The van der Waals surface area contributed by atoms with Gasteiger partial charge in [0.1, 0.15) is 11.2 Å². The van der Waals surface area contributed by atoms with Crippen LogP contribution in [0.2, 0.25) is 0 Å². The molecule has 0 saturated carbocycles. The third-order valence-corrected chi connectivity index (χ3v) is 16.6. The first-order valence-corrected chi connectivity index (χ1v) is 23.9. The Morgan fingerprint density at radius 2 is 0.824 bits per heavy atom. The lowest BCUT2D eigenvalue weighted by atomic mass is 9.61. The monoisotopic (exact) mass is 863 g/mol. The maximum absolute atomic E-state index is 15.4. The van der Waals surface area contributed by atoms with Crippen LogP contribution in [0.3, 0.4) is 0 Å². The van der Waals surface area contributed by atoms with Crippen LogP contribution < -0.4 is 0 Å². The molecule has 13 aromatic rings. The first-order chi connectivity index (χ1) is 33.7. The molecule has 0 spiro atoms. The third kappa shape index (κ3) is 4.26. The van der Waals surface area contributed by atoms with Crippen molar-refractivity contribution in [1.29, 1.82) is 0 Å². The molecule has 0 aliphatic heterocycles. The van der Waals surface area contributed by atoms with E-state index in [0.29, 0.717) is 0 Å². The van der Waals surface area contributed by atoms with Gasteiger partial charge in [0.25, 0.3) is 0 Å². The minimum absolute atomic E-state index is 0.0522. The van der Waals surface area contributed by atoms with E-state index in [9.17, 15) is 0 Å². The summed E-state index contributed by atoms with van der Waals surface area (Å²) in [5.74, 6) is 0.0708.